The van der Waals surface area contributed by atoms with Crippen LogP contribution in [-0.4, -0.2) is 85.2 Å². The highest BCUT2D eigenvalue weighted by atomic mass is 19.1. The minimum Gasteiger partial charge on any atom is -0.379 e. The predicted molar refractivity (Wildman–Crippen MR) is 150 cm³/mol. The fraction of sp³-hybridized carbons (Fsp3) is 0.419. The molecule has 0 aliphatic carbocycles. The summed E-state index contributed by atoms with van der Waals surface area (Å²) in [7, 11) is 0. The van der Waals surface area contributed by atoms with Gasteiger partial charge in [-0.3, -0.25) is 14.5 Å². The number of hydrogen-bond donors (Lipinski definition) is 2. The number of morpholine rings is 1. The molecule has 3 aromatic rings. The van der Waals surface area contributed by atoms with Gasteiger partial charge in [0.15, 0.2) is 0 Å². The average molecular weight is 549 g/mol. The summed E-state index contributed by atoms with van der Waals surface area (Å²) in [6.07, 6.45) is 2.48. The molecule has 9 heteroatoms. The number of rotatable bonds is 11. The molecule has 0 bridgehead atoms. The lowest BCUT2D eigenvalue weighted by Crippen LogP contribution is -2.46. The first-order chi connectivity index (χ1) is 19.6. The maximum atomic E-state index is 14.1. The summed E-state index contributed by atoms with van der Waals surface area (Å²) >= 11 is 0. The van der Waals surface area contributed by atoms with E-state index in [1.54, 1.807) is 23.1 Å². The molecule has 5 rings (SSSR count). The number of halogens is 1. The molecule has 2 N–H and O–H groups in total. The predicted octanol–water partition coefficient (Wildman–Crippen LogP) is 4.02. The van der Waals surface area contributed by atoms with Gasteiger partial charge in [0.1, 0.15) is 17.6 Å². The second-order valence-corrected chi connectivity index (χ2v) is 10.3. The molecule has 2 saturated heterocycles. The van der Waals surface area contributed by atoms with Crippen molar-refractivity contribution in [1.82, 2.24) is 20.1 Å². The van der Waals surface area contributed by atoms with Gasteiger partial charge in [-0.15, -0.1) is 0 Å². The van der Waals surface area contributed by atoms with Crippen LogP contribution in [-0.2, 0) is 14.3 Å². The van der Waals surface area contributed by atoms with Crippen LogP contribution in [0.1, 0.15) is 41.4 Å². The lowest BCUT2D eigenvalue weighted by molar-refractivity contribution is -0.126. The zero-order chi connectivity index (χ0) is 27.7. The summed E-state index contributed by atoms with van der Waals surface area (Å²) in [5, 5.41) is 3.01. The van der Waals surface area contributed by atoms with Gasteiger partial charge in [-0.1, -0.05) is 42.5 Å². The molecule has 2 atom stereocenters. The maximum absolute atomic E-state index is 14.1. The van der Waals surface area contributed by atoms with Gasteiger partial charge in [0.2, 0.25) is 5.91 Å². The second kappa shape index (κ2) is 13.7. The molecule has 0 spiro atoms. The van der Waals surface area contributed by atoms with Crippen LogP contribution in [0.2, 0.25) is 0 Å². The van der Waals surface area contributed by atoms with Gasteiger partial charge >= 0.3 is 0 Å². The number of aromatic amines is 1. The van der Waals surface area contributed by atoms with E-state index < -0.39 is 11.9 Å². The van der Waals surface area contributed by atoms with Gasteiger partial charge in [-0.05, 0) is 54.7 Å². The number of nitrogens with zero attached hydrogens (tertiary/aromatic N) is 2. The molecule has 40 heavy (non-hydrogen) atoms. The number of hydrogen-bond acceptors (Lipinski definition) is 5. The van der Waals surface area contributed by atoms with Crippen LogP contribution in [0.25, 0.3) is 11.3 Å². The number of carbonyl (C=O) groups is 2. The third-order valence-electron chi connectivity index (χ3n) is 7.51. The Labute approximate surface area is 234 Å². The van der Waals surface area contributed by atoms with Gasteiger partial charge in [-0.2, -0.15) is 0 Å². The van der Waals surface area contributed by atoms with E-state index in [1.165, 1.54) is 12.1 Å². The molecule has 0 saturated carbocycles. The van der Waals surface area contributed by atoms with Crippen LogP contribution in [0.15, 0.2) is 66.7 Å². The van der Waals surface area contributed by atoms with Crippen LogP contribution in [0.4, 0.5) is 4.39 Å². The monoisotopic (exact) mass is 548 g/mol. The van der Waals surface area contributed by atoms with Crippen molar-refractivity contribution in [3.05, 3.63) is 83.8 Å². The quantitative estimate of drug-likeness (QED) is 0.378. The Bertz CT molecular complexity index is 1240. The lowest BCUT2D eigenvalue weighted by Gasteiger charge is -2.33. The normalized spacial score (nSPS) is 18.4. The Kier molecular flexibility index (Phi) is 9.59. The smallest absolute Gasteiger partial charge is 0.271 e. The fourth-order valence-electron chi connectivity index (χ4n) is 5.33. The van der Waals surface area contributed by atoms with E-state index in [0.717, 1.165) is 43.7 Å². The largest absolute Gasteiger partial charge is 0.379 e. The van der Waals surface area contributed by atoms with Crippen molar-refractivity contribution in [2.24, 2.45) is 0 Å². The fourth-order valence-corrected chi connectivity index (χ4v) is 5.33. The van der Waals surface area contributed by atoms with Crippen LogP contribution in [0.3, 0.4) is 0 Å². The van der Waals surface area contributed by atoms with E-state index in [4.69, 9.17) is 9.47 Å². The number of amides is 2. The first-order valence-electron chi connectivity index (χ1n) is 14.1. The van der Waals surface area contributed by atoms with E-state index in [-0.39, 0.29) is 17.9 Å². The Hall–Kier alpha value is -3.53. The van der Waals surface area contributed by atoms with E-state index in [2.05, 4.69) is 15.2 Å². The Morgan fingerprint density at radius 1 is 1.02 bits per heavy atom. The number of H-pyrrole nitrogens is 1. The van der Waals surface area contributed by atoms with Crippen molar-refractivity contribution in [2.45, 2.75) is 31.4 Å². The molecule has 2 aliphatic heterocycles. The minimum absolute atomic E-state index is 0.0415. The van der Waals surface area contributed by atoms with Crippen LogP contribution >= 0.6 is 0 Å². The third-order valence-corrected chi connectivity index (χ3v) is 7.51. The van der Waals surface area contributed by atoms with Crippen LogP contribution in [0.5, 0.6) is 0 Å². The molecule has 212 valence electrons. The van der Waals surface area contributed by atoms with Crippen molar-refractivity contribution >= 4 is 11.8 Å². The number of nitrogens with one attached hydrogen (secondary N) is 2. The molecule has 0 radical (unpaired) electrons. The molecule has 2 aliphatic rings. The zero-order valence-corrected chi connectivity index (χ0v) is 22.7. The summed E-state index contributed by atoms with van der Waals surface area (Å²) in [5.41, 5.74) is 2.73. The molecular weight excluding hydrogens is 511 g/mol. The summed E-state index contributed by atoms with van der Waals surface area (Å²) in [6.45, 7) is 5.25. The molecule has 3 heterocycles. The molecule has 0 unspecified atom stereocenters. The lowest BCUT2D eigenvalue weighted by atomic mass is 10.0. The van der Waals surface area contributed by atoms with Crippen molar-refractivity contribution in [3.63, 3.8) is 0 Å². The van der Waals surface area contributed by atoms with Crippen molar-refractivity contribution in [2.75, 3.05) is 52.5 Å². The third kappa shape index (κ3) is 7.15. The van der Waals surface area contributed by atoms with Gasteiger partial charge in [0, 0.05) is 45.0 Å². The number of benzene rings is 2. The SMILES string of the molecule is O=C(NC[C@@H]1CCCO1)[C@H](c1ccc(F)cc1)N(CCCN1CCOCC1)C(=O)c1ccc(-c2ccccc2)[nH]1. The highest BCUT2D eigenvalue weighted by Crippen LogP contribution is 2.26. The Morgan fingerprint density at radius 2 is 1.80 bits per heavy atom. The van der Waals surface area contributed by atoms with Gasteiger partial charge in [0.25, 0.3) is 5.91 Å². The summed E-state index contributed by atoms with van der Waals surface area (Å²) in [5.74, 6) is -0.994. The molecule has 8 nitrogen and oxygen atoms in total. The van der Waals surface area contributed by atoms with Crippen molar-refractivity contribution < 1.29 is 23.5 Å². The van der Waals surface area contributed by atoms with Crippen LogP contribution < -0.4 is 5.32 Å². The summed E-state index contributed by atoms with van der Waals surface area (Å²) in [4.78, 5) is 35.0. The topological polar surface area (TPSA) is 86.9 Å². The number of ether oxygens (including phenoxy) is 2. The Morgan fingerprint density at radius 3 is 2.52 bits per heavy atom. The number of aromatic nitrogens is 1. The zero-order valence-electron chi connectivity index (χ0n) is 22.7. The Balaban J connectivity index is 1.41. The summed E-state index contributed by atoms with van der Waals surface area (Å²) in [6, 6.07) is 18.3. The molecular formula is C31H37FN4O4. The van der Waals surface area contributed by atoms with Gasteiger partial charge in [0.05, 0.1) is 19.3 Å². The molecule has 1 aromatic heterocycles. The molecule has 2 amide bonds. The van der Waals surface area contributed by atoms with E-state index in [0.29, 0.717) is 50.6 Å². The van der Waals surface area contributed by atoms with Gasteiger partial charge < -0.3 is 24.7 Å². The standard InChI is InChI=1S/C31H37FN4O4/c32-25-11-9-24(10-12-25)29(30(37)33-22-26-8-4-19-40-26)36(16-5-15-35-17-20-39-21-18-35)31(38)28-14-13-27(34-28)23-6-2-1-3-7-23/h1-3,6-7,9-14,26,29,34H,4-5,8,15-22H2,(H,33,37)/t26-,29-/m0/s1. The molecule has 2 fully saturated rings. The second-order valence-electron chi connectivity index (χ2n) is 10.3. The minimum atomic E-state index is -0.928. The van der Waals surface area contributed by atoms with Crippen molar-refractivity contribution in [1.29, 1.82) is 0 Å². The van der Waals surface area contributed by atoms with Crippen molar-refractivity contribution in [3.8, 4) is 11.3 Å². The highest BCUT2D eigenvalue weighted by molar-refractivity contribution is 5.97. The maximum Gasteiger partial charge on any atom is 0.271 e. The number of carbonyl (C=O) groups excluding carboxylic acids is 2. The summed E-state index contributed by atoms with van der Waals surface area (Å²) < 4.78 is 25.0. The van der Waals surface area contributed by atoms with E-state index in [9.17, 15) is 14.0 Å². The first-order valence-corrected chi connectivity index (χ1v) is 14.1. The molecule has 2 aromatic carbocycles. The highest BCUT2D eigenvalue weighted by Gasteiger charge is 2.33. The van der Waals surface area contributed by atoms with E-state index in [1.807, 2.05) is 36.4 Å². The van der Waals surface area contributed by atoms with Crippen LogP contribution in [0, 0.1) is 5.82 Å². The van der Waals surface area contributed by atoms with E-state index >= 15 is 0 Å². The van der Waals surface area contributed by atoms with Gasteiger partial charge in [-0.25, -0.2) is 4.39 Å². The first kappa shape index (κ1) is 28.0. The average Bonchev–Trinajstić information content (AvgIpc) is 3.70.